The molecule has 0 bridgehead atoms. The maximum atomic E-state index is 11.8. The van der Waals surface area contributed by atoms with Gasteiger partial charge in [0.2, 0.25) is 11.3 Å². The van der Waals surface area contributed by atoms with Gasteiger partial charge in [-0.25, -0.2) is 0 Å². The van der Waals surface area contributed by atoms with Crippen molar-refractivity contribution in [2.75, 3.05) is 6.61 Å². The summed E-state index contributed by atoms with van der Waals surface area (Å²) in [5.74, 6) is 0.694. The van der Waals surface area contributed by atoms with Crippen LogP contribution in [0.3, 0.4) is 0 Å². The predicted molar refractivity (Wildman–Crippen MR) is 78.8 cm³/mol. The highest BCUT2D eigenvalue weighted by molar-refractivity contribution is 5.75. The Balaban J connectivity index is 2.50. The first kappa shape index (κ1) is 16.3. The third kappa shape index (κ3) is 5.91. The summed E-state index contributed by atoms with van der Waals surface area (Å²) in [7, 11) is 0. The number of hydrogen-bond acceptors (Lipinski definition) is 3. The molecule has 1 amide bonds. The van der Waals surface area contributed by atoms with Gasteiger partial charge in [0.05, 0.1) is 13.2 Å². The van der Waals surface area contributed by atoms with Crippen LogP contribution in [0.15, 0.2) is 17.1 Å². The van der Waals surface area contributed by atoms with Crippen LogP contribution < -0.4 is 15.5 Å². The van der Waals surface area contributed by atoms with Crippen LogP contribution in [0, 0.1) is 5.92 Å². The van der Waals surface area contributed by atoms with E-state index < -0.39 is 0 Å². The molecule has 2 N–H and O–H groups in total. The lowest BCUT2D eigenvalue weighted by Crippen LogP contribution is -2.24. The molecule has 5 nitrogen and oxygen atoms in total. The van der Waals surface area contributed by atoms with Gasteiger partial charge in [0.1, 0.15) is 0 Å². The molecule has 0 atom stereocenters. The second-order valence-electron chi connectivity index (χ2n) is 5.27. The number of H-pyrrole nitrogens is 1. The number of carbonyl (C=O) groups excluding carboxylic acids is 1. The largest absolute Gasteiger partial charge is 0.488 e. The number of amides is 1. The Hall–Kier alpha value is -1.78. The quantitative estimate of drug-likeness (QED) is 0.767. The van der Waals surface area contributed by atoms with E-state index in [4.69, 9.17) is 4.74 Å². The Morgan fingerprint density at radius 3 is 2.80 bits per heavy atom. The molecule has 0 saturated carbocycles. The normalized spacial score (nSPS) is 10.6. The third-order valence-corrected chi connectivity index (χ3v) is 2.74. The molecule has 0 fully saturated rings. The van der Waals surface area contributed by atoms with Crippen LogP contribution in [-0.2, 0) is 11.3 Å². The van der Waals surface area contributed by atoms with E-state index in [2.05, 4.69) is 10.3 Å². The molecule has 0 unspecified atom stereocenters. The molecule has 0 aliphatic heterocycles. The maximum absolute atomic E-state index is 11.8. The van der Waals surface area contributed by atoms with Crippen LogP contribution >= 0.6 is 0 Å². The third-order valence-electron chi connectivity index (χ3n) is 2.74. The Morgan fingerprint density at radius 2 is 2.20 bits per heavy atom. The van der Waals surface area contributed by atoms with E-state index in [9.17, 15) is 9.59 Å². The number of aromatic nitrogens is 1. The van der Waals surface area contributed by atoms with E-state index in [1.54, 1.807) is 6.20 Å². The number of unbranched alkanes of at least 4 members (excludes halogenated alkanes) is 1. The number of rotatable bonds is 8. The summed E-state index contributed by atoms with van der Waals surface area (Å²) in [6, 6.07) is 1.47. The summed E-state index contributed by atoms with van der Waals surface area (Å²) in [4.78, 5) is 26.3. The van der Waals surface area contributed by atoms with Crippen molar-refractivity contribution in [2.24, 2.45) is 5.92 Å². The van der Waals surface area contributed by atoms with E-state index in [1.807, 2.05) is 20.8 Å². The van der Waals surface area contributed by atoms with Crippen LogP contribution in [0.2, 0.25) is 0 Å². The van der Waals surface area contributed by atoms with Gasteiger partial charge in [-0.1, -0.05) is 27.2 Å². The SMILES string of the molecule is CCCCC(=O)NCc1cc(=O)c(OCC(C)C)c[nH]1. The summed E-state index contributed by atoms with van der Waals surface area (Å²) in [5, 5.41) is 2.78. The van der Waals surface area contributed by atoms with Gasteiger partial charge in [0.15, 0.2) is 5.75 Å². The molecule has 0 spiro atoms. The zero-order chi connectivity index (χ0) is 15.0. The second kappa shape index (κ2) is 8.40. The van der Waals surface area contributed by atoms with Gasteiger partial charge in [0, 0.05) is 24.4 Å². The van der Waals surface area contributed by atoms with Crippen molar-refractivity contribution in [3.05, 3.63) is 28.2 Å². The standard InChI is InChI=1S/C15H24N2O3/c1-4-5-6-15(19)17-8-12-7-13(18)14(9-16-12)20-10-11(2)3/h7,9,11H,4-6,8,10H2,1-3H3,(H,16,18)(H,17,19). The van der Waals surface area contributed by atoms with Crippen molar-refractivity contribution in [3.63, 3.8) is 0 Å². The minimum Gasteiger partial charge on any atom is -0.488 e. The number of carbonyl (C=O) groups is 1. The van der Waals surface area contributed by atoms with Crippen LogP contribution in [-0.4, -0.2) is 17.5 Å². The highest BCUT2D eigenvalue weighted by atomic mass is 16.5. The fourth-order valence-electron chi connectivity index (χ4n) is 1.59. The van der Waals surface area contributed by atoms with Crippen molar-refractivity contribution in [1.29, 1.82) is 0 Å². The van der Waals surface area contributed by atoms with E-state index in [0.717, 1.165) is 12.8 Å². The summed E-state index contributed by atoms with van der Waals surface area (Å²) >= 11 is 0. The number of aromatic amines is 1. The Bertz CT molecular complexity index is 480. The Morgan fingerprint density at radius 1 is 1.45 bits per heavy atom. The number of pyridine rings is 1. The van der Waals surface area contributed by atoms with Crippen molar-refractivity contribution in [3.8, 4) is 5.75 Å². The Kier molecular flexibility index (Phi) is 6.84. The predicted octanol–water partition coefficient (Wildman–Crippen LogP) is 2.22. The molecule has 0 aliphatic rings. The number of ether oxygens (including phenoxy) is 1. The molecule has 0 aliphatic carbocycles. The van der Waals surface area contributed by atoms with Crippen molar-refractivity contribution in [1.82, 2.24) is 10.3 Å². The van der Waals surface area contributed by atoms with Crippen molar-refractivity contribution < 1.29 is 9.53 Å². The number of nitrogens with one attached hydrogen (secondary N) is 2. The van der Waals surface area contributed by atoms with Crippen LogP contribution in [0.4, 0.5) is 0 Å². The van der Waals surface area contributed by atoms with Gasteiger partial charge in [0.25, 0.3) is 0 Å². The molecule has 1 rings (SSSR count). The Labute approximate surface area is 119 Å². The molecular weight excluding hydrogens is 256 g/mol. The first-order valence-electron chi connectivity index (χ1n) is 7.14. The minimum absolute atomic E-state index is 0.00725. The molecule has 0 radical (unpaired) electrons. The van der Waals surface area contributed by atoms with Gasteiger partial charge < -0.3 is 15.0 Å². The van der Waals surface area contributed by atoms with E-state index >= 15 is 0 Å². The molecular formula is C15H24N2O3. The van der Waals surface area contributed by atoms with Crippen LogP contribution in [0.1, 0.15) is 45.7 Å². The molecule has 5 heteroatoms. The van der Waals surface area contributed by atoms with Gasteiger partial charge >= 0.3 is 0 Å². The summed E-state index contributed by atoms with van der Waals surface area (Å²) in [6.45, 7) is 6.93. The molecule has 112 valence electrons. The molecule has 0 aromatic carbocycles. The summed E-state index contributed by atoms with van der Waals surface area (Å²) < 4.78 is 5.40. The fraction of sp³-hybridized carbons (Fsp3) is 0.600. The lowest BCUT2D eigenvalue weighted by molar-refractivity contribution is -0.121. The number of hydrogen-bond donors (Lipinski definition) is 2. The van der Waals surface area contributed by atoms with Gasteiger partial charge in [-0.2, -0.15) is 0 Å². The summed E-state index contributed by atoms with van der Waals surface area (Å²) in [6.07, 6.45) is 3.95. The molecule has 1 aromatic rings. The second-order valence-corrected chi connectivity index (χ2v) is 5.27. The lowest BCUT2D eigenvalue weighted by atomic mass is 10.2. The van der Waals surface area contributed by atoms with Crippen molar-refractivity contribution in [2.45, 2.75) is 46.6 Å². The van der Waals surface area contributed by atoms with Crippen molar-refractivity contribution >= 4 is 5.91 Å². The average Bonchev–Trinajstić information content (AvgIpc) is 2.41. The maximum Gasteiger partial charge on any atom is 0.223 e. The first-order valence-corrected chi connectivity index (χ1v) is 7.14. The van der Waals surface area contributed by atoms with Crippen LogP contribution in [0.25, 0.3) is 0 Å². The highest BCUT2D eigenvalue weighted by Gasteiger charge is 2.05. The zero-order valence-corrected chi connectivity index (χ0v) is 12.5. The van der Waals surface area contributed by atoms with E-state index in [-0.39, 0.29) is 11.3 Å². The fourth-order valence-corrected chi connectivity index (χ4v) is 1.59. The van der Waals surface area contributed by atoms with E-state index in [1.165, 1.54) is 6.07 Å². The lowest BCUT2D eigenvalue weighted by Gasteiger charge is -2.09. The average molecular weight is 280 g/mol. The smallest absolute Gasteiger partial charge is 0.223 e. The molecule has 1 aromatic heterocycles. The molecule has 1 heterocycles. The zero-order valence-electron chi connectivity index (χ0n) is 12.5. The molecule has 0 saturated heterocycles. The minimum atomic E-state index is -0.165. The molecule has 20 heavy (non-hydrogen) atoms. The topological polar surface area (TPSA) is 71.2 Å². The first-order chi connectivity index (χ1) is 9.52. The monoisotopic (exact) mass is 280 g/mol. The summed E-state index contributed by atoms with van der Waals surface area (Å²) in [5.41, 5.74) is 0.513. The van der Waals surface area contributed by atoms with Gasteiger partial charge in [-0.05, 0) is 12.3 Å². The van der Waals surface area contributed by atoms with Gasteiger partial charge in [-0.3, -0.25) is 9.59 Å². The highest BCUT2D eigenvalue weighted by Crippen LogP contribution is 2.04. The van der Waals surface area contributed by atoms with E-state index in [0.29, 0.717) is 36.9 Å². The van der Waals surface area contributed by atoms with Gasteiger partial charge in [-0.15, -0.1) is 0 Å². The van der Waals surface area contributed by atoms with Crippen LogP contribution in [0.5, 0.6) is 5.75 Å².